The Morgan fingerprint density at radius 2 is 1.77 bits per heavy atom. The van der Waals surface area contributed by atoms with Crippen molar-refractivity contribution in [1.82, 2.24) is 14.1 Å². The molecule has 0 aliphatic rings. The van der Waals surface area contributed by atoms with Gasteiger partial charge < -0.3 is 13.9 Å². The van der Waals surface area contributed by atoms with Gasteiger partial charge in [0.25, 0.3) is 6.47 Å². The molecule has 6 heteroatoms. The summed E-state index contributed by atoms with van der Waals surface area (Å²) in [4.78, 5) is 14.6. The molecule has 0 aliphatic heterocycles. The van der Waals surface area contributed by atoms with Crippen molar-refractivity contribution in [3.63, 3.8) is 0 Å². The maximum absolute atomic E-state index is 10.5. The Morgan fingerprint density at radius 1 is 0.933 bits per heavy atom. The fraction of sp³-hybridized carbons (Fsp3) is 0.0833. The summed E-state index contributed by atoms with van der Waals surface area (Å²) in [5.74, 6) is 0. The highest BCUT2D eigenvalue weighted by Crippen LogP contribution is 2.34. The van der Waals surface area contributed by atoms with Crippen LogP contribution in [0.4, 0.5) is 0 Å². The predicted molar refractivity (Wildman–Crippen MR) is 119 cm³/mol. The molecule has 0 bridgehead atoms. The molecule has 0 amide bonds. The number of halogens is 1. The smallest absolute Gasteiger partial charge is 0.293 e. The van der Waals surface area contributed by atoms with E-state index < -0.39 is 0 Å². The third-order valence-electron chi connectivity index (χ3n) is 5.28. The van der Waals surface area contributed by atoms with Crippen LogP contribution in [0.5, 0.6) is 0 Å². The molecule has 5 nitrogen and oxygen atoms in total. The molecule has 148 valence electrons. The number of nitrogens with zero attached hydrogens (tertiary/aromatic N) is 3. The van der Waals surface area contributed by atoms with Crippen LogP contribution in [0, 0.1) is 0 Å². The lowest BCUT2D eigenvalue weighted by atomic mass is 10.1. The summed E-state index contributed by atoms with van der Waals surface area (Å²) in [7, 11) is 0. The Hall–Kier alpha value is -3.57. The Labute approximate surface area is 178 Å². The van der Waals surface area contributed by atoms with Crippen LogP contribution in [-0.4, -0.2) is 27.2 Å². The monoisotopic (exact) mass is 415 g/mol. The number of hydrogen-bond donors (Lipinski definition) is 0. The second kappa shape index (κ2) is 7.69. The lowest BCUT2D eigenvalue weighted by molar-refractivity contribution is -0.128. The molecule has 0 atom stereocenters. The number of ether oxygens (including phenoxy) is 1. The van der Waals surface area contributed by atoms with Crippen LogP contribution in [0.1, 0.15) is 5.56 Å². The van der Waals surface area contributed by atoms with E-state index in [9.17, 15) is 4.79 Å². The van der Waals surface area contributed by atoms with Gasteiger partial charge in [0, 0.05) is 46.0 Å². The van der Waals surface area contributed by atoms with Crippen molar-refractivity contribution in [2.45, 2.75) is 6.42 Å². The highest BCUT2D eigenvalue weighted by molar-refractivity contribution is 6.30. The van der Waals surface area contributed by atoms with Gasteiger partial charge in [-0.2, -0.15) is 0 Å². The molecule has 0 fully saturated rings. The molecule has 0 saturated carbocycles. The van der Waals surface area contributed by atoms with E-state index in [1.165, 1.54) is 0 Å². The second-order valence-corrected chi connectivity index (χ2v) is 7.49. The maximum atomic E-state index is 10.5. The molecular weight excluding hydrogens is 398 g/mol. The van der Waals surface area contributed by atoms with Crippen LogP contribution in [-0.2, 0) is 16.0 Å². The van der Waals surface area contributed by atoms with E-state index in [2.05, 4.69) is 45.9 Å². The molecule has 0 aliphatic carbocycles. The molecule has 5 rings (SSSR count). The number of aromatic nitrogens is 3. The summed E-state index contributed by atoms with van der Waals surface area (Å²) in [5.41, 5.74) is 5.41. The van der Waals surface area contributed by atoms with Crippen molar-refractivity contribution in [2.75, 3.05) is 6.61 Å². The van der Waals surface area contributed by atoms with Crippen molar-refractivity contribution in [1.29, 1.82) is 0 Å². The highest BCUT2D eigenvalue weighted by atomic mass is 35.5. The topological polar surface area (TPSA) is 49.1 Å². The van der Waals surface area contributed by atoms with E-state index in [1.54, 1.807) is 12.5 Å². The van der Waals surface area contributed by atoms with Crippen LogP contribution in [0.25, 0.3) is 33.2 Å². The van der Waals surface area contributed by atoms with Gasteiger partial charge in [0.15, 0.2) is 0 Å². The van der Waals surface area contributed by atoms with E-state index in [4.69, 9.17) is 16.3 Å². The summed E-state index contributed by atoms with van der Waals surface area (Å²) < 4.78 is 9.12. The van der Waals surface area contributed by atoms with Crippen molar-refractivity contribution < 1.29 is 9.53 Å². The van der Waals surface area contributed by atoms with Crippen LogP contribution >= 0.6 is 11.6 Å². The Morgan fingerprint density at radius 3 is 2.53 bits per heavy atom. The number of carbonyl (C=O) groups is 1. The number of carbonyl (C=O) groups excluding carboxylic acids is 1. The largest absolute Gasteiger partial charge is 0.468 e. The van der Waals surface area contributed by atoms with E-state index in [0.29, 0.717) is 24.5 Å². The summed E-state index contributed by atoms with van der Waals surface area (Å²) >= 11 is 6.12. The first kappa shape index (κ1) is 18.5. The Bertz CT molecular complexity index is 1340. The molecule has 3 aromatic carbocycles. The Balaban J connectivity index is 1.74. The molecule has 5 aromatic rings. The third kappa shape index (κ3) is 3.23. The van der Waals surface area contributed by atoms with Crippen LogP contribution in [0.3, 0.4) is 0 Å². The van der Waals surface area contributed by atoms with Gasteiger partial charge >= 0.3 is 0 Å². The first-order chi connectivity index (χ1) is 14.7. The zero-order valence-corrected chi connectivity index (χ0v) is 16.8. The zero-order chi connectivity index (χ0) is 20.5. The average molecular weight is 416 g/mol. The SMILES string of the molecule is O=COCCc1ccc2c3cc(-n4ccnc4)ccc3n(-c3ccc(Cl)cc3)c2c1. The van der Waals surface area contributed by atoms with Gasteiger partial charge in [-0.1, -0.05) is 23.7 Å². The lowest BCUT2D eigenvalue weighted by Crippen LogP contribution is -1.98. The van der Waals surface area contributed by atoms with Crippen molar-refractivity contribution in [3.8, 4) is 11.4 Å². The standard InChI is InChI=1S/C24H18ClN3O2/c25-18-2-4-19(5-3-18)28-23-8-6-20(27-11-10-26-15-27)14-22(23)21-7-1-17(13-24(21)28)9-12-30-16-29/h1-8,10-11,13-16H,9,12H2. The van der Waals surface area contributed by atoms with Crippen molar-refractivity contribution in [2.24, 2.45) is 0 Å². The maximum Gasteiger partial charge on any atom is 0.293 e. The van der Waals surface area contributed by atoms with Crippen LogP contribution < -0.4 is 0 Å². The zero-order valence-electron chi connectivity index (χ0n) is 16.0. The van der Waals surface area contributed by atoms with Gasteiger partial charge in [0.05, 0.1) is 24.0 Å². The number of rotatable bonds is 6. The molecule has 30 heavy (non-hydrogen) atoms. The molecule has 0 saturated heterocycles. The minimum atomic E-state index is 0.362. The summed E-state index contributed by atoms with van der Waals surface area (Å²) in [6, 6.07) is 20.6. The van der Waals surface area contributed by atoms with Crippen LogP contribution in [0.2, 0.25) is 5.02 Å². The summed E-state index contributed by atoms with van der Waals surface area (Å²) in [6.07, 6.45) is 6.17. The molecule has 0 unspecified atom stereocenters. The first-order valence-electron chi connectivity index (χ1n) is 9.61. The van der Waals surface area contributed by atoms with Gasteiger partial charge in [-0.25, -0.2) is 4.98 Å². The predicted octanol–water partition coefficient (Wildman–Crippen LogP) is 5.34. The summed E-state index contributed by atoms with van der Waals surface area (Å²) in [6.45, 7) is 0.849. The number of fused-ring (bicyclic) bond motifs is 3. The molecular formula is C24H18ClN3O2. The van der Waals surface area contributed by atoms with Crippen molar-refractivity contribution >= 4 is 39.9 Å². The van der Waals surface area contributed by atoms with Gasteiger partial charge in [-0.05, 0) is 54.1 Å². The quantitative estimate of drug-likeness (QED) is 0.278. The van der Waals surface area contributed by atoms with Gasteiger partial charge in [-0.3, -0.25) is 4.79 Å². The van der Waals surface area contributed by atoms with Crippen molar-refractivity contribution in [3.05, 3.63) is 90.0 Å². The molecule has 0 N–H and O–H groups in total. The number of imidazole rings is 1. The highest BCUT2D eigenvalue weighted by Gasteiger charge is 2.14. The number of benzene rings is 3. The molecule has 2 aromatic heterocycles. The minimum absolute atomic E-state index is 0.362. The first-order valence-corrected chi connectivity index (χ1v) is 9.99. The third-order valence-corrected chi connectivity index (χ3v) is 5.53. The lowest BCUT2D eigenvalue weighted by Gasteiger charge is -2.09. The summed E-state index contributed by atoms with van der Waals surface area (Å²) in [5, 5.41) is 3.01. The van der Waals surface area contributed by atoms with Crippen LogP contribution in [0.15, 0.2) is 79.4 Å². The van der Waals surface area contributed by atoms with Gasteiger partial charge in [0.1, 0.15) is 0 Å². The molecule has 0 radical (unpaired) electrons. The number of hydrogen-bond acceptors (Lipinski definition) is 3. The fourth-order valence-electron chi connectivity index (χ4n) is 3.88. The molecule has 2 heterocycles. The van der Waals surface area contributed by atoms with E-state index in [-0.39, 0.29) is 0 Å². The second-order valence-electron chi connectivity index (χ2n) is 7.05. The normalized spacial score (nSPS) is 11.2. The average Bonchev–Trinajstić information content (AvgIpc) is 3.41. The van der Waals surface area contributed by atoms with Gasteiger partial charge in [-0.15, -0.1) is 0 Å². The van der Waals surface area contributed by atoms with Gasteiger partial charge in [0.2, 0.25) is 0 Å². The fourth-order valence-corrected chi connectivity index (χ4v) is 4.00. The Kier molecular flexibility index (Phi) is 4.73. The molecule has 0 spiro atoms. The minimum Gasteiger partial charge on any atom is -0.468 e. The van der Waals surface area contributed by atoms with E-state index >= 15 is 0 Å². The van der Waals surface area contributed by atoms with E-state index in [1.807, 2.05) is 35.0 Å². The van der Waals surface area contributed by atoms with E-state index in [0.717, 1.165) is 38.7 Å².